The average molecular weight is 237 g/mol. The molecule has 0 unspecified atom stereocenters. The van der Waals surface area contributed by atoms with Gasteiger partial charge in [-0.2, -0.15) is 0 Å². The van der Waals surface area contributed by atoms with Gasteiger partial charge < -0.3 is 5.32 Å². The van der Waals surface area contributed by atoms with Crippen LogP contribution in [0.15, 0.2) is 0 Å². The maximum atomic E-state index is 12.1. The fourth-order valence-corrected chi connectivity index (χ4v) is 3.34. The third-order valence-corrected chi connectivity index (χ3v) is 4.83. The van der Waals surface area contributed by atoms with Crippen LogP contribution in [0.2, 0.25) is 0 Å². The lowest BCUT2D eigenvalue weighted by Gasteiger charge is -2.39. The third kappa shape index (κ3) is 3.02. The van der Waals surface area contributed by atoms with Crippen molar-refractivity contribution in [2.45, 2.75) is 65.3 Å². The fraction of sp³-hybridized carbons (Fsp3) is 0.933. The maximum Gasteiger partial charge on any atom is 0.223 e. The Morgan fingerprint density at radius 1 is 1.18 bits per heavy atom. The van der Waals surface area contributed by atoms with Crippen molar-refractivity contribution in [3.63, 3.8) is 0 Å². The molecular weight excluding hydrogens is 210 g/mol. The van der Waals surface area contributed by atoms with Crippen molar-refractivity contribution < 1.29 is 4.79 Å². The Morgan fingerprint density at radius 2 is 1.88 bits per heavy atom. The van der Waals surface area contributed by atoms with Crippen LogP contribution in [0.5, 0.6) is 0 Å². The molecule has 2 fully saturated rings. The van der Waals surface area contributed by atoms with E-state index in [4.69, 9.17) is 0 Å². The number of hydrogen-bond acceptors (Lipinski definition) is 1. The van der Waals surface area contributed by atoms with Gasteiger partial charge in [-0.3, -0.25) is 4.79 Å². The second kappa shape index (κ2) is 5.41. The van der Waals surface area contributed by atoms with Crippen LogP contribution in [-0.2, 0) is 4.79 Å². The molecular formula is C15H27NO. The molecule has 1 amide bonds. The normalized spacial score (nSPS) is 34.5. The first-order valence-electron chi connectivity index (χ1n) is 7.38. The van der Waals surface area contributed by atoms with Crippen molar-refractivity contribution >= 4 is 5.91 Å². The Labute approximate surface area is 106 Å². The van der Waals surface area contributed by atoms with Crippen molar-refractivity contribution in [2.24, 2.45) is 23.7 Å². The van der Waals surface area contributed by atoms with Crippen LogP contribution in [0.25, 0.3) is 0 Å². The minimum Gasteiger partial charge on any atom is -0.353 e. The lowest BCUT2D eigenvalue weighted by atomic mass is 9.73. The van der Waals surface area contributed by atoms with Crippen molar-refractivity contribution in [3.8, 4) is 0 Å². The lowest BCUT2D eigenvalue weighted by Crippen LogP contribution is -2.48. The molecule has 17 heavy (non-hydrogen) atoms. The van der Waals surface area contributed by atoms with Gasteiger partial charge in [-0.15, -0.1) is 0 Å². The van der Waals surface area contributed by atoms with Gasteiger partial charge in [0.05, 0.1) is 0 Å². The summed E-state index contributed by atoms with van der Waals surface area (Å²) in [5.74, 6) is 2.82. The van der Waals surface area contributed by atoms with Gasteiger partial charge in [-0.25, -0.2) is 0 Å². The molecule has 0 radical (unpaired) electrons. The molecule has 0 aromatic heterocycles. The highest BCUT2D eigenvalue weighted by Gasteiger charge is 2.34. The molecule has 2 rings (SSSR count). The summed E-state index contributed by atoms with van der Waals surface area (Å²) in [6, 6.07) is 0.437. The van der Waals surface area contributed by atoms with Crippen LogP contribution in [0.3, 0.4) is 0 Å². The predicted molar refractivity (Wildman–Crippen MR) is 70.6 cm³/mol. The Morgan fingerprint density at radius 3 is 2.41 bits per heavy atom. The minimum absolute atomic E-state index is 0.333. The molecule has 2 aliphatic carbocycles. The summed E-state index contributed by atoms with van der Waals surface area (Å²) in [4.78, 5) is 12.1. The summed E-state index contributed by atoms with van der Waals surface area (Å²) in [5.41, 5.74) is 0. The molecule has 1 N–H and O–H groups in total. The van der Waals surface area contributed by atoms with E-state index in [0.717, 1.165) is 18.8 Å². The lowest BCUT2D eigenvalue weighted by molar-refractivity contribution is -0.129. The van der Waals surface area contributed by atoms with Gasteiger partial charge in [0.2, 0.25) is 5.91 Å². The smallest absolute Gasteiger partial charge is 0.223 e. The van der Waals surface area contributed by atoms with E-state index in [1.54, 1.807) is 0 Å². The second-order valence-electron chi connectivity index (χ2n) is 6.57. The average Bonchev–Trinajstić information content (AvgIpc) is 2.13. The zero-order chi connectivity index (χ0) is 12.4. The third-order valence-electron chi connectivity index (χ3n) is 4.83. The number of amides is 1. The number of carbonyl (C=O) groups is 1. The van der Waals surface area contributed by atoms with Gasteiger partial charge >= 0.3 is 0 Å². The molecule has 2 saturated carbocycles. The van der Waals surface area contributed by atoms with E-state index in [-0.39, 0.29) is 0 Å². The highest BCUT2D eigenvalue weighted by molar-refractivity contribution is 5.79. The van der Waals surface area contributed by atoms with Crippen molar-refractivity contribution in [1.82, 2.24) is 5.32 Å². The second-order valence-corrected chi connectivity index (χ2v) is 6.57. The van der Waals surface area contributed by atoms with E-state index in [2.05, 4.69) is 26.1 Å². The van der Waals surface area contributed by atoms with E-state index in [9.17, 15) is 4.79 Å². The molecule has 2 heteroatoms. The SMILES string of the molecule is CC(C)[C@@H]1CC[C@H](C)C[C@@H]1NC(=O)C1CCC1. The standard InChI is InChI=1S/C15H27NO/c1-10(2)13-8-7-11(3)9-14(13)16-15(17)12-5-4-6-12/h10-14H,4-9H2,1-3H3,(H,16,17)/t11-,13-,14-/m0/s1. The van der Waals surface area contributed by atoms with E-state index in [0.29, 0.717) is 29.7 Å². The zero-order valence-corrected chi connectivity index (χ0v) is 11.5. The number of rotatable bonds is 3. The van der Waals surface area contributed by atoms with Gasteiger partial charge in [0.15, 0.2) is 0 Å². The van der Waals surface area contributed by atoms with E-state index < -0.39 is 0 Å². The first-order valence-corrected chi connectivity index (χ1v) is 7.38. The quantitative estimate of drug-likeness (QED) is 0.801. The van der Waals surface area contributed by atoms with Gasteiger partial charge in [0.1, 0.15) is 0 Å². The van der Waals surface area contributed by atoms with Crippen molar-refractivity contribution in [2.75, 3.05) is 0 Å². The van der Waals surface area contributed by atoms with Crippen LogP contribution in [0.1, 0.15) is 59.3 Å². The molecule has 2 aliphatic rings. The van der Waals surface area contributed by atoms with Gasteiger partial charge in [-0.1, -0.05) is 33.6 Å². The first-order chi connectivity index (χ1) is 8.08. The van der Waals surface area contributed by atoms with Crippen LogP contribution in [0, 0.1) is 23.7 Å². The highest BCUT2D eigenvalue weighted by atomic mass is 16.2. The Bertz CT molecular complexity index is 270. The molecule has 0 saturated heterocycles. The van der Waals surface area contributed by atoms with Crippen LogP contribution in [-0.4, -0.2) is 11.9 Å². The van der Waals surface area contributed by atoms with Crippen molar-refractivity contribution in [1.29, 1.82) is 0 Å². The molecule has 2 nitrogen and oxygen atoms in total. The highest BCUT2D eigenvalue weighted by Crippen LogP contribution is 2.34. The summed E-state index contributed by atoms with van der Waals surface area (Å²) in [6.45, 7) is 6.91. The number of hydrogen-bond donors (Lipinski definition) is 1. The fourth-order valence-electron chi connectivity index (χ4n) is 3.34. The van der Waals surface area contributed by atoms with E-state index >= 15 is 0 Å². The Kier molecular flexibility index (Phi) is 4.11. The van der Waals surface area contributed by atoms with Crippen LogP contribution < -0.4 is 5.32 Å². The molecule has 0 heterocycles. The Balaban J connectivity index is 1.92. The van der Waals surface area contributed by atoms with Gasteiger partial charge in [0.25, 0.3) is 0 Å². The molecule has 0 aromatic rings. The van der Waals surface area contributed by atoms with Crippen LogP contribution in [0.4, 0.5) is 0 Å². The molecule has 98 valence electrons. The van der Waals surface area contributed by atoms with E-state index in [1.807, 2.05) is 0 Å². The predicted octanol–water partition coefficient (Wildman–Crippen LogP) is 3.36. The van der Waals surface area contributed by atoms with Gasteiger partial charge in [-0.05, 0) is 43.4 Å². The molecule has 0 aliphatic heterocycles. The summed E-state index contributed by atoms with van der Waals surface area (Å²) >= 11 is 0. The topological polar surface area (TPSA) is 29.1 Å². The zero-order valence-electron chi connectivity index (χ0n) is 11.5. The van der Waals surface area contributed by atoms with Crippen molar-refractivity contribution in [3.05, 3.63) is 0 Å². The largest absolute Gasteiger partial charge is 0.353 e. The van der Waals surface area contributed by atoms with E-state index in [1.165, 1.54) is 25.7 Å². The molecule has 3 atom stereocenters. The summed E-state index contributed by atoms with van der Waals surface area (Å²) in [7, 11) is 0. The number of carbonyl (C=O) groups excluding carboxylic acids is 1. The monoisotopic (exact) mass is 237 g/mol. The first kappa shape index (κ1) is 12.9. The Hall–Kier alpha value is -0.530. The minimum atomic E-state index is 0.333. The molecule has 0 aromatic carbocycles. The van der Waals surface area contributed by atoms with Crippen LogP contribution >= 0.6 is 0 Å². The summed E-state index contributed by atoms with van der Waals surface area (Å²) in [5, 5.41) is 3.34. The van der Waals surface area contributed by atoms with Gasteiger partial charge in [0, 0.05) is 12.0 Å². The summed E-state index contributed by atoms with van der Waals surface area (Å²) in [6.07, 6.45) is 7.27. The number of nitrogens with one attached hydrogen (secondary N) is 1. The maximum absolute atomic E-state index is 12.1. The molecule has 0 spiro atoms. The molecule has 0 bridgehead atoms. The summed E-state index contributed by atoms with van der Waals surface area (Å²) < 4.78 is 0.